The van der Waals surface area contributed by atoms with Gasteiger partial charge in [-0.05, 0) is 59.9 Å². The molecule has 178 valence electrons. The maximum Gasteiger partial charge on any atom is 0.310 e. The Morgan fingerprint density at radius 1 is 1.00 bits per heavy atom. The first-order valence-corrected chi connectivity index (χ1v) is 12.5. The SMILES string of the molecule is CCC(=O)Oc1cccc2c1CCCC2CCc1nc(C(c2ccccc2)c2ccccc2)no1. The van der Waals surface area contributed by atoms with E-state index < -0.39 is 0 Å². The van der Waals surface area contributed by atoms with E-state index in [1.165, 1.54) is 11.1 Å². The van der Waals surface area contributed by atoms with Crippen molar-refractivity contribution in [3.63, 3.8) is 0 Å². The molecule has 0 amide bonds. The van der Waals surface area contributed by atoms with Crippen LogP contribution in [0.5, 0.6) is 5.75 Å². The van der Waals surface area contributed by atoms with Gasteiger partial charge in [-0.15, -0.1) is 0 Å². The number of nitrogens with zero attached hydrogens (tertiary/aromatic N) is 2. The normalized spacial score (nSPS) is 15.1. The summed E-state index contributed by atoms with van der Waals surface area (Å²) in [5.41, 5.74) is 4.73. The second kappa shape index (κ2) is 10.7. The molecule has 3 aromatic carbocycles. The smallest absolute Gasteiger partial charge is 0.310 e. The molecule has 4 aromatic rings. The number of fused-ring (bicyclic) bond motifs is 1. The van der Waals surface area contributed by atoms with E-state index in [0.717, 1.165) is 36.8 Å². The molecule has 0 spiro atoms. The Morgan fingerprint density at radius 3 is 2.40 bits per heavy atom. The van der Waals surface area contributed by atoms with E-state index in [1.807, 2.05) is 55.5 Å². The monoisotopic (exact) mass is 466 g/mol. The summed E-state index contributed by atoms with van der Waals surface area (Å²) in [5, 5.41) is 4.39. The Balaban J connectivity index is 1.34. The lowest BCUT2D eigenvalue weighted by Crippen LogP contribution is -2.14. The number of aromatic nitrogens is 2. The van der Waals surface area contributed by atoms with E-state index in [1.54, 1.807) is 0 Å². The van der Waals surface area contributed by atoms with Gasteiger partial charge in [0.15, 0.2) is 5.82 Å². The summed E-state index contributed by atoms with van der Waals surface area (Å²) >= 11 is 0. The zero-order valence-corrected chi connectivity index (χ0v) is 20.0. The molecule has 35 heavy (non-hydrogen) atoms. The number of ether oxygens (including phenoxy) is 1. The molecule has 0 aliphatic heterocycles. The van der Waals surface area contributed by atoms with Crippen molar-refractivity contribution >= 4 is 5.97 Å². The van der Waals surface area contributed by atoms with Crippen molar-refractivity contribution in [1.82, 2.24) is 10.1 Å². The second-order valence-electron chi connectivity index (χ2n) is 9.08. The maximum atomic E-state index is 11.9. The number of hydrogen-bond acceptors (Lipinski definition) is 5. The molecule has 1 unspecified atom stereocenters. The topological polar surface area (TPSA) is 65.2 Å². The van der Waals surface area contributed by atoms with E-state index in [9.17, 15) is 4.79 Å². The van der Waals surface area contributed by atoms with Gasteiger partial charge in [-0.25, -0.2) is 0 Å². The summed E-state index contributed by atoms with van der Waals surface area (Å²) in [6.07, 6.45) is 5.14. The summed E-state index contributed by atoms with van der Waals surface area (Å²) in [6.45, 7) is 1.82. The van der Waals surface area contributed by atoms with Crippen LogP contribution in [-0.2, 0) is 17.6 Å². The van der Waals surface area contributed by atoms with Crippen molar-refractivity contribution in [1.29, 1.82) is 0 Å². The second-order valence-corrected chi connectivity index (χ2v) is 9.08. The van der Waals surface area contributed by atoms with Crippen LogP contribution in [0.2, 0.25) is 0 Å². The number of esters is 1. The molecule has 0 radical (unpaired) electrons. The van der Waals surface area contributed by atoms with Gasteiger partial charge in [-0.1, -0.05) is 84.9 Å². The van der Waals surface area contributed by atoms with Gasteiger partial charge in [0, 0.05) is 12.8 Å². The third-order valence-electron chi connectivity index (χ3n) is 6.82. The van der Waals surface area contributed by atoms with Crippen LogP contribution in [0.1, 0.15) is 78.4 Å². The van der Waals surface area contributed by atoms with Gasteiger partial charge in [0.1, 0.15) is 5.75 Å². The van der Waals surface area contributed by atoms with Crippen LogP contribution in [0.4, 0.5) is 0 Å². The van der Waals surface area contributed by atoms with Crippen molar-refractivity contribution in [2.24, 2.45) is 0 Å². The summed E-state index contributed by atoms with van der Waals surface area (Å²) in [6, 6.07) is 26.7. The van der Waals surface area contributed by atoms with Gasteiger partial charge in [0.2, 0.25) is 5.89 Å². The highest BCUT2D eigenvalue weighted by Gasteiger charge is 2.26. The van der Waals surface area contributed by atoms with Crippen LogP contribution < -0.4 is 4.74 Å². The van der Waals surface area contributed by atoms with Crippen LogP contribution in [0.15, 0.2) is 83.4 Å². The van der Waals surface area contributed by atoms with E-state index >= 15 is 0 Å². The van der Waals surface area contributed by atoms with Gasteiger partial charge < -0.3 is 9.26 Å². The number of carbonyl (C=O) groups excluding carboxylic acids is 1. The number of carbonyl (C=O) groups is 1. The van der Waals surface area contributed by atoms with Crippen molar-refractivity contribution in [3.8, 4) is 5.75 Å². The third kappa shape index (κ3) is 5.19. The van der Waals surface area contributed by atoms with Gasteiger partial charge >= 0.3 is 5.97 Å². The summed E-state index contributed by atoms with van der Waals surface area (Å²) < 4.78 is 11.3. The molecule has 0 fully saturated rings. The van der Waals surface area contributed by atoms with Crippen molar-refractivity contribution < 1.29 is 14.1 Å². The largest absolute Gasteiger partial charge is 0.426 e. The minimum atomic E-state index is -0.190. The lowest BCUT2D eigenvalue weighted by Gasteiger charge is -2.26. The number of benzene rings is 3. The fraction of sp³-hybridized carbons (Fsp3) is 0.300. The molecular weight excluding hydrogens is 436 g/mol. The van der Waals surface area contributed by atoms with E-state index in [0.29, 0.717) is 36.2 Å². The van der Waals surface area contributed by atoms with Crippen molar-refractivity contribution in [2.45, 2.75) is 57.3 Å². The van der Waals surface area contributed by atoms with Gasteiger partial charge in [0.05, 0.1) is 5.92 Å². The maximum absolute atomic E-state index is 11.9. The molecule has 5 rings (SSSR count). The summed E-state index contributed by atoms with van der Waals surface area (Å²) in [5.74, 6) is 2.19. The quantitative estimate of drug-likeness (QED) is 0.216. The van der Waals surface area contributed by atoms with E-state index in [-0.39, 0.29) is 11.9 Å². The molecule has 1 aliphatic carbocycles. The molecule has 1 atom stereocenters. The molecule has 0 saturated carbocycles. The molecule has 0 saturated heterocycles. The zero-order valence-electron chi connectivity index (χ0n) is 20.0. The summed E-state index contributed by atoms with van der Waals surface area (Å²) in [7, 11) is 0. The highest BCUT2D eigenvalue weighted by molar-refractivity contribution is 5.72. The predicted octanol–water partition coefficient (Wildman–Crippen LogP) is 6.62. The third-order valence-corrected chi connectivity index (χ3v) is 6.82. The highest BCUT2D eigenvalue weighted by Crippen LogP contribution is 2.39. The molecular formula is C30H30N2O3. The molecule has 1 aromatic heterocycles. The van der Waals surface area contributed by atoms with Crippen molar-refractivity contribution in [2.75, 3.05) is 0 Å². The first-order chi connectivity index (χ1) is 17.2. The van der Waals surface area contributed by atoms with Gasteiger partial charge in [-0.3, -0.25) is 4.79 Å². The fourth-order valence-corrected chi connectivity index (χ4v) is 5.07. The lowest BCUT2D eigenvalue weighted by molar-refractivity contribution is -0.134. The predicted molar refractivity (Wildman–Crippen MR) is 134 cm³/mol. The molecule has 0 bridgehead atoms. The van der Waals surface area contributed by atoms with E-state index in [4.69, 9.17) is 14.2 Å². The highest BCUT2D eigenvalue weighted by atomic mass is 16.5. The molecule has 0 N–H and O–H groups in total. The molecule has 1 heterocycles. The standard InChI is InChI=1S/C30H30N2O3/c1-2-28(33)34-26-18-10-16-24-21(15-9-17-25(24)26)19-20-27-31-30(32-35-27)29(22-11-5-3-6-12-22)23-13-7-4-8-14-23/h3-8,10-14,16,18,21,29H,2,9,15,17,19-20H2,1H3. The van der Waals surface area contributed by atoms with Crippen LogP contribution >= 0.6 is 0 Å². The van der Waals surface area contributed by atoms with Gasteiger partial charge in [-0.2, -0.15) is 4.98 Å². The molecule has 5 heteroatoms. The first-order valence-electron chi connectivity index (χ1n) is 12.5. The van der Waals surface area contributed by atoms with Gasteiger partial charge in [0.25, 0.3) is 0 Å². The average Bonchev–Trinajstić information content (AvgIpc) is 3.37. The Bertz CT molecular complexity index is 1230. The zero-order chi connectivity index (χ0) is 24.0. The van der Waals surface area contributed by atoms with Crippen LogP contribution in [-0.4, -0.2) is 16.1 Å². The number of rotatable bonds is 8. The lowest BCUT2D eigenvalue weighted by atomic mass is 9.80. The summed E-state index contributed by atoms with van der Waals surface area (Å²) in [4.78, 5) is 16.7. The Kier molecular flexibility index (Phi) is 7.03. The van der Waals surface area contributed by atoms with Crippen LogP contribution in [0, 0.1) is 0 Å². The van der Waals surface area contributed by atoms with Crippen LogP contribution in [0.3, 0.4) is 0 Å². The Labute approximate surface area is 206 Å². The van der Waals surface area contributed by atoms with Crippen LogP contribution in [0.25, 0.3) is 0 Å². The number of hydrogen-bond donors (Lipinski definition) is 0. The Hall–Kier alpha value is -3.73. The Morgan fingerprint density at radius 2 is 1.71 bits per heavy atom. The molecule has 1 aliphatic rings. The van der Waals surface area contributed by atoms with Crippen molar-refractivity contribution in [3.05, 3.63) is 113 Å². The molecule has 5 nitrogen and oxygen atoms in total. The minimum absolute atomic E-state index is 0.0684. The fourth-order valence-electron chi connectivity index (χ4n) is 5.07. The average molecular weight is 467 g/mol. The minimum Gasteiger partial charge on any atom is -0.426 e. The first kappa shape index (κ1) is 23.0. The van der Waals surface area contributed by atoms with E-state index in [2.05, 4.69) is 35.5 Å². The number of aryl methyl sites for hydroxylation is 1.